The second-order valence-corrected chi connectivity index (χ2v) is 7.94. The lowest BCUT2D eigenvalue weighted by molar-refractivity contribution is -0.137. The highest BCUT2D eigenvalue weighted by Crippen LogP contribution is 2.21. The number of carbonyl (C=O) groups excluding carboxylic acids is 1. The molecule has 28 heavy (non-hydrogen) atoms. The molecule has 1 aromatic carbocycles. The Balaban J connectivity index is 1.54. The molecule has 2 heterocycles. The van der Waals surface area contributed by atoms with Crippen LogP contribution in [0.1, 0.15) is 36.7 Å². The fourth-order valence-electron chi connectivity index (χ4n) is 3.76. The lowest BCUT2D eigenvalue weighted by Crippen LogP contribution is -2.44. The van der Waals surface area contributed by atoms with Crippen LogP contribution in [0.4, 0.5) is 4.39 Å². The molecule has 0 radical (unpaired) electrons. The van der Waals surface area contributed by atoms with E-state index in [1.54, 1.807) is 12.1 Å². The second kappa shape index (κ2) is 8.76. The van der Waals surface area contributed by atoms with Crippen LogP contribution in [0.5, 0.6) is 5.75 Å². The number of nitrogens with zero attached hydrogens (tertiary/aromatic N) is 3. The van der Waals surface area contributed by atoms with Gasteiger partial charge in [0, 0.05) is 24.7 Å². The van der Waals surface area contributed by atoms with Crippen molar-refractivity contribution in [2.45, 2.75) is 47.1 Å². The van der Waals surface area contributed by atoms with Crippen LogP contribution in [-0.4, -0.2) is 40.3 Å². The molecule has 1 fully saturated rings. The molecule has 1 saturated heterocycles. The first-order valence-electron chi connectivity index (χ1n) is 10.0. The van der Waals surface area contributed by atoms with Crippen molar-refractivity contribution in [1.29, 1.82) is 0 Å². The van der Waals surface area contributed by atoms with E-state index in [9.17, 15) is 9.18 Å². The van der Waals surface area contributed by atoms with Crippen molar-refractivity contribution in [1.82, 2.24) is 14.7 Å². The zero-order valence-electron chi connectivity index (χ0n) is 17.2. The van der Waals surface area contributed by atoms with Crippen molar-refractivity contribution in [3.63, 3.8) is 0 Å². The number of piperidine rings is 1. The number of likely N-dealkylation sites (tertiary alicyclic amines) is 1. The van der Waals surface area contributed by atoms with Gasteiger partial charge < -0.3 is 9.64 Å². The minimum Gasteiger partial charge on any atom is -0.493 e. The number of aryl methyl sites for hydroxylation is 1. The quantitative estimate of drug-likeness (QED) is 0.755. The molecular formula is C22H30FN3O2. The minimum absolute atomic E-state index is 0.117. The monoisotopic (exact) mass is 387 g/mol. The molecule has 1 aliphatic rings. The first kappa shape index (κ1) is 20.4. The predicted molar refractivity (Wildman–Crippen MR) is 107 cm³/mol. The fourth-order valence-corrected chi connectivity index (χ4v) is 3.76. The second-order valence-electron chi connectivity index (χ2n) is 7.94. The molecule has 5 nitrogen and oxygen atoms in total. The molecule has 1 amide bonds. The molecule has 2 atom stereocenters. The number of carbonyl (C=O) groups is 1. The van der Waals surface area contributed by atoms with Crippen molar-refractivity contribution in [2.75, 3.05) is 19.7 Å². The molecule has 0 saturated carbocycles. The molecule has 1 aliphatic heterocycles. The summed E-state index contributed by atoms with van der Waals surface area (Å²) in [7, 11) is 0. The van der Waals surface area contributed by atoms with Gasteiger partial charge in [0.25, 0.3) is 0 Å². The van der Waals surface area contributed by atoms with Gasteiger partial charge in [0.05, 0.1) is 24.8 Å². The van der Waals surface area contributed by atoms with Gasteiger partial charge in [-0.2, -0.15) is 5.10 Å². The molecule has 3 rings (SSSR count). The van der Waals surface area contributed by atoms with Gasteiger partial charge in [0.1, 0.15) is 11.6 Å². The number of halogens is 1. The number of aromatic nitrogens is 2. The number of ether oxygens (including phenoxy) is 1. The summed E-state index contributed by atoms with van der Waals surface area (Å²) in [5.74, 6) is 0.753. The highest BCUT2D eigenvalue weighted by Gasteiger charge is 2.28. The summed E-state index contributed by atoms with van der Waals surface area (Å²) in [6, 6.07) is 6.07. The Kier molecular flexibility index (Phi) is 6.37. The van der Waals surface area contributed by atoms with E-state index in [1.807, 2.05) is 23.4 Å². The number of benzene rings is 1. The van der Waals surface area contributed by atoms with E-state index >= 15 is 0 Å². The molecule has 0 N–H and O–H groups in total. The number of hydrogen-bond donors (Lipinski definition) is 0. The average molecular weight is 387 g/mol. The molecule has 2 aromatic rings. The summed E-state index contributed by atoms with van der Waals surface area (Å²) in [5.41, 5.74) is 3.34. The van der Waals surface area contributed by atoms with Crippen LogP contribution in [0, 0.1) is 38.4 Å². The number of rotatable bonds is 6. The van der Waals surface area contributed by atoms with Crippen LogP contribution >= 0.6 is 0 Å². The lowest BCUT2D eigenvalue weighted by atomic mass is 9.97. The molecule has 0 spiro atoms. The number of hydrogen-bond acceptors (Lipinski definition) is 3. The van der Waals surface area contributed by atoms with E-state index in [2.05, 4.69) is 18.9 Å². The molecule has 0 bridgehead atoms. The first-order chi connectivity index (χ1) is 13.3. The Hall–Kier alpha value is -2.37. The summed E-state index contributed by atoms with van der Waals surface area (Å²) < 4.78 is 20.7. The summed E-state index contributed by atoms with van der Waals surface area (Å²) in [6.45, 7) is 10.8. The maximum atomic E-state index is 13.0. The van der Waals surface area contributed by atoms with Gasteiger partial charge >= 0.3 is 0 Å². The van der Waals surface area contributed by atoms with Crippen molar-refractivity contribution in [2.24, 2.45) is 11.8 Å². The Bertz CT molecular complexity index is 816. The molecular weight excluding hydrogens is 357 g/mol. The van der Waals surface area contributed by atoms with Gasteiger partial charge in [0.2, 0.25) is 5.91 Å². The zero-order chi connectivity index (χ0) is 20.3. The van der Waals surface area contributed by atoms with Crippen LogP contribution in [0.2, 0.25) is 0 Å². The summed E-state index contributed by atoms with van der Waals surface area (Å²) in [5, 5.41) is 4.56. The fraction of sp³-hybridized carbons (Fsp3) is 0.545. The van der Waals surface area contributed by atoms with E-state index < -0.39 is 0 Å². The molecule has 1 aromatic heterocycles. The summed E-state index contributed by atoms with van der Waals surface area (Å²) in [4.78, 5) is 14.9. The molecule has 6 heteroatoms. The van der Waals surface area contributed by atoms with Crippen molar-refractivity contribution in [3.05, 3.63) is 47.0 Å². The standard InChI is InChI=1S/C22H30FN3O2/c1-15(12-26-18(4)16(2)17(3)24-26)22(27)25-11-5-6-19(13-25)14-28-21-9-7-20(23)8-10-21/h7-10,15,19H,5-6,11-14H2,1-4H3/t15-,19+/m0/s1. The average Bonchev–Trinajstić information content (AvgIpc) is 2.93. The zero-order valence-corrected chi connectivity index (χ0v) is 17.2. The van der Waals surface area contributed by atoms with E-state index in [0.29, 0.717) is 31.4 Å². The lowest BCUT2D eigenvalue weighted by Gasteiger charge is -2.34. The van der Waals surface area contributed by atoms with Crippen LogP contribution in [0.3, 0.4) is 0 Å². The van der Waals surface area contributed by atoms with Crippen molar-refractivity contribution < 1.29 is 13.9 Å². The van der Waals surface area contributed by atoms with Crippen LogP contribution in [0.25, 0.3) is 0 Å². The highest BCUT2D eigenvalue weighted by atomic mass is 19.1. The highest BCUT2D eigenvalue weighted by molar-refractivity contribution is 5.78. The topological polar surface area (TPSA) is 47.4 Å². The summed E-state index contributed by atoms with van der Waals surface area (Å²) in [6.07, 6.45) is 2.02. The molecule has 152 valence electrons. The summed E-state index contributed by atoms with van der Waals surface area (Å²) >= 11 is 0. The van der Waals surface area contributed by atoms with Crippen LogP contribution in [-0.2, 0) is 11.3 Å². The van der Waals surface area contributed by atoms with Gasteiger partial charge in [0.15, 0.2) is 0 Å². The SMILES string of the molecule is Cc1nn(C[C@H](C)C(=O)N2CCC[C@@H](COc3ccc(F)cc3)C2)c(C)c1C. The number of amides is 1. The van der Waals surface area contributed by atoms with Gasteiger partial charge in [-0.15, -0.1) is 0 Å². The Morgan fingerprint density at radius 1 is 1.29 bits per heavy atom. The minimum atomic E-state index is -0.270. The van der Waals surface area contributed by atoms with E-state index in [1.165, 1.54) is 17.7 Å². The smallest absolute Gasteiger partial charge is 0.227 e. The van der Waals surface area contributed by atoms with E-state index in [4.69, 9.17) is 4.74 Å². The van der Waals surface area contributed by atoms with Crippen LogP contribution in [0.15, 0.2) is 24.3 Å². The third kappa shape index (κ3) is 4.72. The van der Waals surface area contributed by atoms with Gasteiger partial charge in [-0.1, -0.05) is 6.92 Å². The largest absolute Gasteiger partial charge is 0.493 e. The van der Waals surface area contributed by atoms with Gasteiger partial charge in [-0.3, -0.25) is 9.48 Å². The Labute approximate surface area is 166 Å². The molecule has 0 unspecified atom stereocenters. The van der Waals surface area contributed by atoms with E-state index in [-0.39, 0.29) is 17.6 Å². The van der Waals surface area contributed by atoms with Gasteiger partial charge in [-0.25, -0.2) is 4.39 Å². The Morgan fingerprint density at radius 3 is 2.64 bits per heavy atom. The Morgan fingerprint density at radius 2 is 2.00 bits per heavy atom. The van der Waals surface area contributed by atoms with Gasteiger partial charge in [-0.05, 0) is 63.4 Å². The third-order valence-electron chi connectivity index (χ3n) is 5.74. The van der Waals surface area contributed by atoms with Crippen molar-refractivity contribution >= 4 is 5.91 Å². The van der Waals surface area contributed by atoms with Crippen LogP contribution < -0.4 is 4.74 Å². The molecule has 0 aliphatic carbocycles. The van der Waals surface area contributed by atoms with E-state index in [0.717, 1.165) is 30.8 Å². The van der Waals surface area contributed by atoms with Crippen molar-refractivity contribution in [3.8, 4) is 5.75 Å². The maximum Gasteiger partial charge on any atom is 0.227 e. The predicted octanol–water partition coefficient (Wildman–Crippen LogP) is 3.90. The normalized spacial score (nSPS) is 18.2. The third-order valence-corrected chi connectivity index (χ3v) is 5.74. The first-order valence-corrected chi connectivity index (χ1v) is 10.0. The maximum absolute atomic E-state index is 13.0.